The minimum Gasteiger partial charge on any atom is -0.465 e. The maximum Gasteiger partial charge on any atom is 0.323 e. The number of esters is 1. The molecule has 0 fully saturated rings. The van der Waals surface area contributed by atoms with E-state index in [0.717, 1.165) is 16.7 Å². The fraction of sp³-hybridized carbons (Fsp3) is 0.400. The summed E-state index contributed by atoms with van der Waals surface area (Å²) in [5, 5.41) is 3.08. The van der Waals surface area contributed by atoms with Gasteiger partial charge in [-0.2, -0.15) is 0 Å². The van der Waals surface area contributed by atoms with Crippen LogP contribution in [-0.2, 0) is 43.2 Å². The maximum atomic E-state index is 13.3. The van der Waals surface area contributed by atoms with E-state index in [1.54, 1.807) is 26.0 Å². The third kappa shape index (κ3) is 6.38. The number of carbonyl (C=O) groups excluding carboxylic acids is 3. The number of rotatable bonds is 10. The van der Waals surface area contributed by atoms with Crippen molar-refractivity contribution >= 4 is 18.3 Å². The average molecular weight is 456 g/mol. The van der Waals surface area contributed by atoms with Gasteiger partial charge in [0.2, 0.25) is 5.91 Å². The van der Waals surface area contributed by atoms with Crippen molar-refractivity contribution in [1.82, 2.24) is 10.2 Å². The van der Waals surface area contributed by atoms with Gasteiger partial charge in [-0.25, -0.2) is 4.39 Å². The zero-order valence-corrected chi connectivity index (χ0v) is 18.8. The first-order chi connectivity index (χ1) is 15.9. The number of benzene rings is 2. The van der Waals surface area contributed by atoms with Crippen LogP contribution in [0.2, 0.25) is 0 Å². The van der Waals surface area contributed by atoms with E-state index < -0.39 is 24.3 Å². The summed E-state index contributed by atoms with van der Waals surface area (Å²) in [6.45, 7) is 4.26. The molecule has 1 N–H and O–H groups in total. The molecule has 0 bridgehead atoms. The molecule has 8 heteroatoms. The molecule has 0 unspecified atom stereocenters. The van der Waals surface area contributed by atoms with Crippen molar-refractivity contribution in [2.75, 3.05) is 6.61 Å². The van der Waals surface area contributed by atoms with Gasteiger partial charge in [0.25, 0.3) is 6.47 Å². The number of ether oxygens (including phenoxy) is 2. The lowest BCUT2D eigenvalue weighted by atomic mass is 9.98. The number of aryl methyl sites for hydroxylation is 1. The van der Waals surface area contributed by atoms with Crippen LogP contribution in [0.25, 0.3) is 0 Å². The van der Waals surface area contributed by atoms with E-state index in [1.165, 1.54) is 17.0 Å². The van der Waals surface area contributed by atoms with Crippen molar-refractivity contribution in [1.29, 1.82) is 0 Å². The van der Waals surface area contributed by atoms with Crippen LogP contribution in [-0.4, -0.2) is 48.2 Å². The first kappa shape index (κ1) is 24.4. The normalized spacial score (nSPS) is 16.9. The Bertz CT molecular complexity index is 966. The largest absolute Gasteiger partial charge is 0.465 e. The number of amides is 1. The van der Waals surface area contributed by atoms with Crippen LogP contribution in [0.5, 0.6) is 0 Å². The van der Waals surface area contributed by atoms with Gasteiger partial charge in [0, 0.05) is 13.0 Å². The first-order valence-corrected chi connectivity index (χ1v) is 11.1. The third-order valence-electron chi connectivity index (χ3n) is 5.72. The summed E-state index contributed by atoms with van der Waals surface area (Å²) in [7, 11) is 0. The fourth-order valence-electron chi connectivity index (χ4n) is 4.00. The molecule has 0 saturated carbocycles. The highest BCUT2D eigenvalue weighted by atomic mass is 18.2. The second-order valence-electron chi connectivity index (χ2n) is 7.98. The van der Waals surface area contributed by atoms with E-state index >= 15 is 0 Å². The molecule has 0 spiro atoms. The summed E-state index contributed by atoms with van der Waals surface area (Å²) < 4.78 is 23.6. The Kier molecular flexibility index (Phi) is 8.54. The molecular formula is C25H29FN2O5. The lowest BCUT2D eigenvalue weighted by Crippen LogP contribution is -2.55. The van der Waals surface area contributed by atoms with E-state index in [9.17, 15) is 18.8 Å². The molecule has 1 aliphatic rings. The molecule has 2 aromatic carbocycles. The Balaban J connectivity index is 1.70. The molecule has 1 aliphatic heterocycles. The van der Waals surface area contributed by atoms with E-state index in [2.05, 4.69) is 5.32 Å². The maximum absolute atomic E-state index is 13.3. The van der Waals surface area contributed by atoms with Gasteiger partial charge in [-0.05, 0) is 55.5 Å². The van der Waals surface area contributed by atoms with E-state index in [0.29, 0.717) is 32.3 Å². The number of fused-ring (bicyclic) bond motifs is 1. The SMILES string of the molecule is CCOC(=O)[C@H](CCc1ccc([18F])cc1)N[C@@H](C)C(=O)N1Cc2ccccc2C[C@H]1OC=O. The van der Waals surface area contributed by atoms with Crippen LogP contribution in [0.15, 0.2) is 48.5 Å². The third-order valence-corrected chi connectivity index (χ3v) is 5.72. The van der Waals surface area contributed by atoms with Crippen molar-refractivity contribution in [3.63, 3.8) is 0 Å². The topological polar surface area (TPSA) is 84.9 Å². The van der Waals surface area contributed by atoms with Crippen molar-refractivity contribution < 1.29 is 28.2 Å². The highest BCUT2D eigenvalue weighted by molar-refractivity contribution is 5.83. The number of halogens is 1. The number of carbonyl (C=O) groups is 3. The Labute approximate surface area is 192 Å². The molecule has 176 valence electrons. The molecule has 33 heavy (non-hydrogen) atoms. The summed E-state index contributed by atoms with van der Waals surface area (Å²) in [5.41, 5.74) is 2.89. The second-order valence-corrected chi connectivity index (χ2v) is 7.98. The van der Waals surface area contributed by atoms with E-state index in [4.69, 9.17) is 9.47 Å². The van der Waals surface area contributed by atoms with Gasteiger partial charge in [0.05, 0.1) is 12.6 Å². The Hall–Kier alpha value is -3.26. The molecule has 2 aromatic rings. The Morgan fingerprint density at radius 1 is 1.18 bits per heavy atom. The lowest BCUT2D eigenvalue weighted by molar-refractivity contribution is -0.158. The van der Waals surface area contributed by atoms with Crippen LogP contribution in [0.3, 0.4) is 0 Å². The van der Waals surface area contributed by atoms with Gasteiger partial charge in [0.1, 0.15) is 11.9 Å². The van der Waals surface area contributed by atoms with Crippen molar-refractivity contribution in [3.05, 3.63) is 71.0 Å². The molecule has 0 aromatic heterocycles. The number of hydrogen-bond donors (Lipinski definition) is 1. The van der Waals surface area contributed by atoms with Crippen molar-refractivity contribution in [2.24, 2.45) is 0 Å². The summed E-state index contributed by atoms with van der Waals surface area (Å²) in [5.74, 6) is -1.07. The van der Waals surface area contributed by atoms with Crippen LogP contribution >= 0.6 is 0 Å². The standard InChI is InChI=1S/C25H29FN2O5/c1-3-32-25(31)22(13-10-18-8-11-21(26)12-9-18)27-17(2)24(30)28-15-20-7-5-4-6-19(20)14-23(28)33-16-29/h4-9,11-12,16-17,22-23,27H,3,10,13-15H2,1-2H3/t17-,22-,23+/m0/s1/i26-1. The van der Waals surface area contributed by atoms with Crippen LogP contribution in [0.1, 0.15) is 37.0 Å². The predicted molar refractivity (Wildman–Crippen MR) is 119 cm³/mol. The molecule has 0 radical (unpaired) electrons. The van der Waals surface area contributed by atoms with E-state index in [1.807, 2.05) is 24.3 Å². The van der Waals surface area contributed by atoms with Crippen molar-refractivity contribution in [2.45, 2.75) is 58.0 Å². The summed E-state index contributed by atoms with van der Waals surface area (Å²) in [6.07, 6.45) is 0.568. The van der Waals surface area contributed by atoms with Gasteiger partial charge < -0.3 is 14.4 Å². The van der Waals surface area contributed by atoms with Gasteiger partial charge in [0.15, 0.2) is 6.23 Å². The first-order valence-electron chi connectivity index (χ1n) is 11.1. The molecule has 1 heterocycles. The monoisotopic (exact) mass is 455 g/mol. The van der Waals surface area contributed by atoms with Gasteiger partial charge in [-0.3, -0.25) is 19.7 Å². The van der Waals surface area contributed by atoms with Gasteiger partial charge >= 0.3 is 5.97 Å². The predicted octanol–water partition coefficient (Wildman–Crippen LogP) is 2.75. The Morgan fingerprint density at radius 3 is 2.55 bits per heavy atom. The highest BCUT2D eigenvalue weighted by Crippen LogP contribution is 2.24. The summed E-state index contributed by atoms with van der Waals surface area (Å²) in [6, 6.07) is 12.3. The summed E-state index contributed by atoms with van der Waals surface area (Å²) in [4.78, 5) is 38.4. The van der Waals surface area contributed by atoms with Gasteiger partial charge in [-0.1, -0.05) is 36.4 Å². The molecule has 0 aliphatic carbocycles. The smallest absolute Gasteiger partial charge is 0.323 e. The van der Waals surface area contributed by atoms with Gasteiger partial charge in [-0.15, -0.1) is 0 Å². The molecule has 7 nitrogen and oxygen atoms in total. The molecule has 3 rings (SSSR count). The molecule has 1 amide bonds. The number of hydrogen-bond acceptors (Lipinski definition) is 6. The lowest BCUT2D eigenvalue weighted by Gasteiger charge is -2.37. The molecule has 3 atom stereocenters. The quantitative estimate of drug-likeness (QED) is 0.438. The van der Waals surface area contributed by atoms with Crippen LogP contribution in [0.4, 0.5) is 4.39 Å². The molecular weight excluding hydrogens is 426 g/mol. The highest BCUT2D eigenvalue weighted by Gasteiger charge is 2.34. The van der Waals surface area contributed by atoms with Crippen LogP contribution < -0.4 is 5.32 Å². The second kappa shape index (κ2) is 11.6. The fourth-order valence-corrected chi connectivity index (χ4v) is 4.00. The zero-order chi connectivity index (χ0) is 23.8. The minimum absolute atomic E-state index is 0.216. The minimum atomic E-state index is -0.726. The van der Waals surface area contributed by atoms with E-state index in [-0.39, 0.29) is 18.3 Å². The zero-order valence-electron chi connectivity index (χ0n) is 18.8. The number of nitrogens with zero attached hydrogens (tertiary/aromatic N) is 1. The Morgan fingerprint density at radius 2 is 1.88 bits per heavy atom. The summed E-state index contributed by atoms with van der Waals surface area (Å²) >= 11 is 0. The average Bonchev–Trinajstić information content (AvgIpc) is 2.82. The van der Waals surface area contributed by atoms with Crippen molar-refractivity contribution in [3.8, 4) is 0 Å². The molecule has 0 saturated heterocycles. The number of nitrogens with one attached hydrogen (secondary N) is 1. The van der Waals surface area contributed by atoms with Crippen LogP contribution in [0, 0.1) is 5.82 Å².